The van der Waals surface area contributed by atoms with Crippen molar-refractivity contribution in [3.05, 3.63) is 11.6 Å². The summed E-state index contributed by atoms with van der Waals surface area (Å²) in [5, 5.41) is 187. The number of carboxylic acids is 1. The maximum Gasteiger partial charge on any atom is 0.335 e. The van der Waals surface area contributed by atoms with E-state index >= 15 is 4.79 Å². The predicted molar refractivity (Wildman–Crippen MR) is 304 cm³/mol. The van der Waals surface area contributed by atoms with Crippen LogP contribution in [0.15, 0.2) is 11.6 Å². The van der Waals surface area contributed by atoms with Gasteiger partial charge in [-0.2, -0.15) is 0 Å². The molecular formula is C62H98O30. The molecule has 0 radical (unpaired) electrons. The van der Waals surface area contributed by atoms with Crippen LogP contribution in [0.2, 0.25) is 0 Å². The molecule has 30 heteroatoms. The van der Waals surface area contributed by atoms with E-state index in [2.05, 4.69) is 54.5 Å². The summed E-state index contributed by atoms with van der Waals surface area (Å²) in [6, 6.07) is 0. The van der Waals surface area contributed by atoms with Crippen molar-refractivity contribution in [3.8, 4) is 0 Å². The Morgan fingerprint density at radius 3 is 1.86 bits per heavy atom. The molecule has 11 aliphatic rings. The average Bonchev–Trinajstić information content (AvgIpc) is 0.804. The SMILES string of the molecule is CC1(C)CCC2(C(=O)OC3CCC(O)C(O)C3OC3OC(O)C(OC4OCC(O)C(OC5OCC(O)C(O)C5O)C4O)C(OC4OCC(O)(CO)C4O)C3O)C(O)CC3(C)C(=CCC4C5(C)CCC(OC6OC(C(=O)O)C(O)C(O)C6O)C(C)(C)C5CCC43C)C2C1. The predicted octanol–water partition coefficient (Wildman–Crippen LogP) is -4.00. The molecule has 0 aromatic heterocycles. The summed E-state index contributed by atoms with van der Waals surface area (Å²) >= 11 is 0. The first-order chi connectivity index (χ1) is 43.0. The molecule has 34 atom stereocenters. The van der Waals surface area contributed by atoms with Gasteiger partial charge in [0, 0.05) is 0 Å². The van der Waals surface area contributed by atoms with Crippen molar-refractivity contribution in [2.24, 2.45) is 50.2 Å². The standard InChI is InChI=1S/C62H98O30/c1-56(2)16-17-62(25(18-56)24-8-11-31-58(5)14-13-33(86-52-39(73)36(70)37(71)45(90-52)48(77)78)57(3,4)30(58)12-15-59(31,6)60(24,7)19-32(62)67)55(80)85-29-10-9-26(64)35(69)43(29)88-53-41(75)44(89-54-47(76)61(81,22-63)23-84-54)46(49(79)92-53)91-51-40(74)42(28(66)21-83-51)87-50-38(72)34(68)27(65)20-82-50/h8,25-47,49-54,63-76,79,81H,9-23H2,1-7H3,(H,77,78). The largest absolute Gasteiger partial charge is 0.479 e. The molecule has 10 fully saturated rings. The lowest BCUT2D eigenvalue weighted by Crippen LogP contribution is -2.68. The van der Waals surface area contributed by atoms with E-state index in [1.165, 1.54) is 0 Å². The van der Waals surface area contributed by atoms with Crippen LogP contribution < -0.4 is 0 Å². The maximum absolute atomic E-state index is 15.7. The highest BCUT2D eigenvalue weighted by Crippen LogP contribution is 2.76. The number of carboxylic acid groups (broad SMARTS) is 1. The minimum absolute atomic E-state index is 0.0385. The van der Waals surface area contributed by atoms with Crippen molar-refractivity contribution in [1.29, 1.82) is 0 Å². The topological polar surface area (TPSA) is 480 Å². The quantitative estimate of drug-likeness (QED) is 0.0448. The Labute approximate surface area is 531 Å². The Balaban J connectivity index is 0.831. The average molecular weight is 1320 g/mol. The van der Waals surface area contributed by atoms with Crippen molar-refractivity contribution in [2.75, 3.05) is 26.4 Å². The van der Waals surface area contributed by atoms with Crippen LogP contribution in [-0.2, 0) is 61.7 Å². The van der Waals surface area contributed by atoms with Crippen molar-refractivity contribution in [2.45, 2.75) is 285 Å². The number of allylic oxidation sites excluding steroid dienone is 2. The van der Waals surface area contributed by atoms with Gasteiger partial charge in [-0.25, -0.2) is 4.79 Å². The Bertz CT molecular complexity index is 2670. The summed E-state index contributed by atoms with van der Waals surface area (Å²) in [6.45, 7) is 12.4. The van der Waals surface area contributed by atoms with Crippen LogP contribution in [0.1, 0.15) is 119 Å². The summed E-state index contributed by atoms with van der Waals surface area (Å²) in [5.74, 6) is -2.73. The van der Waals surface area contributed by atoms with Crippen molar-refractivity contribution in [3.63, 3.8) is 0 Å². The number of esters is 1. The summed E-state index contributed by atoms with van der Waals surface area (Å²) in [5.41, 5.74) is -5.04. The first-order valence-electron chi connectivity index (χ1n) is 32.4. The molecule has 0 amide bonds. The Kier molecular flexibility index (Phi) is 19.8. The molecule has 0 aromatic carbocycles. The van der Waals surface area contributed by atoms with E-state index in [0.29, 0.717) is 32.1 Å². The van der Waals surface area contributed by atoms with Crippen LogP contribution in [0.5, 0.6) is 0 Å². The minimum atomic E-state index is -2.28. The normalized spacial score (nSPS) is 54.2. The van der Waals surface area contributed by atoms with Gasteiger partial charge in [-0.1, -0.05) is 60.1 Å². The van der Waals surface area contributed by atoms with Gasteiger partial charge in [0.15, 0.2) is 43.8 Å². The van der Waals surface area contributed by atoms with Crippen LogP contribution in [0, 0.1) is 50.2 Å². The zero-order chi connectivity index (χ0) is 67.1. The van der Waals surface area contributed by atoms with E-state index in [1.54, 1.807) is 0 Å². The van der Waals surface area contributed by atoms with Gasteiger partial charge < -0.3 is 139 Å². The van der Waals surface area contributed by atoms with E-state index in [1.807, 2.05) is 0 Å². The first kappa shape index (κ1) is 70.9. The molecule has 92 heavy (non-hydrogen) atoms. The van der Waals surface area contributed by atoms with E-state index in [4.69, 9.17) is 52.1 Å². The summed E-state index contributed by atoms with van der Waals surface area (Å²) in [4.78, 5) is 27.7. The Hall–Kier alpha value is -2.36. The van der Waals surface area contributed by atoms with Gasteiger partial charge in [0.2, 0.25) is 0 Å². The zero-order valence-electron chi connectivity index (χ0n) is 52.8. The molecule has 5 aliphatic heterocycles. The third-order valence-electron chi connectivity index (χ3n) is 24.3. The molecule has 5 heterocycles. The molecule has 5 saturated heterocycles. The molecule has 0 aromatic rings. The number of fused-ring (bicyclic) bond motifs is 7. The number of rotatable bonds is 14. The number of hydrogen-bond donors (Lipinski definition) is 17. The number of carbonyl (C=O) groups is 2. The van der Waals surface area contributed by atoms with Crippen LogP contribution in [0.3, 0.4) is 0 Å². The summed E-state index contributed by atoms with van der Waals surface area (Å²) in [7, 11) is 0. The molecule has 5 saturated carbocycles. The lowest BCUT2D eigenvalue weighted by atomic mass is 9.33. The molecule has 0 bridgehead atoms. The Morgan fingerprint density at radius 1 is 0.565 bits per heavy atom. The highest BCUT2D eigenvalue weighted by atomic mass is 16.8. The molecule has 6 aliphatic carbocycles. The fourth-order valence-corrected chi connectivity index (χ4v) is 18.6. The van der Waals surface area contributed by atoms with Crippen LogP contribution >= 0.6 is 0 Å². The number of aliphatic hydroxyl groups excluding tert-OH is 15. The monoisotopic (exact) mass is 1320 g/mol. The number of ether oxygens (including phenoxy) is 11. The molecule has 0 spiro atoms. The zero-order valence-corrected chi connectivity index (χ0v) is 52.8. The van der Waals surface area contributed by atoms with Crippen LogP contribution in [0.4, 0.5) is 0 Å². The van der Waals surface area contributed by atoms with Gasteiger partial charge in [-0.05, 0) is 115 Å². The van der Waals surface area contributed by atoms with Gasteiger partial charge in [0.25, 0.3) is 0 Å². The second-order valence-electron chi connectivity index (χ2n) is 30.5. The van der Waals surface area contributed by atoms with Crippen LogP contribution in [-0.4, -0.2) is 291 Å². The molecule has 30 nitrogen and oxygen atoms in total. The van der Waals surface area contributed by atoms with E-state index in [-0.39, 0.29) is 48.3 Å². The number of carbonyl (C=O) groups excluding carboxylic acids is 1. The van der Waals surface area contributed by atoms with Gasteiger partial charge in [0.05, 0.1) is 44.7 Å². The van der Waals surface area contributed by atoms with E-state index in [0.717, 1.165) is 18.4 Å². The third kappa shape index (κ3) is 11.7. The van der Waals surface area contributed by atoms with Crippen molar-refractivity contribution >= 4 is 11.9 Å². The fourth-order valence-electron chi connectivity index (χ4n) is 18.6. The number of aliphatic carboxylic acids is 1. The van der Waals surface area contributed by atoms with E-state index in [9.17, 15) is 91.6 Å². The lowest BCUT2D eigenvalue weighted by molar-refractivity contribution is -0.403. The molecular weight excluding hydrogens is 1220 g/mol. The van der Waals surface area contributed by atoms with Crippen molar-refractivity contribution < 1.29 is 149 Å². The Morgan fingerprint density at radius 2 is 1.18 bits per heavy atom. The van der Waals surface area contributed by atoms with Crippen LogP contribution in [0.25, 0.3) is 0 Å². The van der Waals surface area contributed by atoms with Crippen molar-refractivity contribution in [1.82, 2.24) is 0 Å². The van der Waals surface area contributed by atoms with Gasteiger partial charge >= 0.3 is 11.9 Å². The van der Waals surface area contributed by atoms with Gasteiger partial charge in [0.1, 0.15) is 109 Å². The van der Waals surface area contributed by atoms with Gasteiger partial charge in [-0.3, -0.25) is 4.79 Å². The number of hydrogen-bond acceptors (Lipinski definition) is 29. The third-order valence-corrected chi connectivity index (χ3v) is 24.3. The smallest absolute Gasteiger partial charge is 0.335 e. The second kappa shape index (κ2) is 25.7. The van der Waals surface area contributed by atoms with E-state index < -0.39 is 231 Å². The lowest BCUT2D eigenvalue weighted by Gasteiger charge is -2.71. The first-order valence-corrected chi connectivity index (χ1v) is 32.4. The molecule has 34 unspecified atom stereocenters. The minimum Gasteiger partial charge on any atom is -0.479 e. The molecule has 526 valence electrons. The highest BCUT2D eigenvalue weighted by Gasteiger charge is 2.72. The molecule has 11 rings (SSSR count). The highest BCUT2D eigenvalue weighted by molar-refractivity contribution is 5.80. The fraction of sp³-hybridized carbons (Fsp3) is 0.935. The summed E-state index contributed by atoms with van der Waals surface area (Å²) < 4.78 is 64.7. The molecule has 17 N–H and O–H groups in total. The number of aliphatic hydroxyl groups is 16. The second-order valence-corrected chi connectivity index (χ2v) is 30.5. The summed E-state index contributed by atoms with van der Waals surface area (Å²) in [6.07, 6.45) is -38.7. The maximum atomic E-state index is 15.7. The van der Waals surface area contributed by atoms with Gasteiger partial charge in [-0.15, -0.1) is 0 Å².